The number of allylic oxidation sites excluding steroid dienone is 2. The van der Waals surface area contributed by atoms with E-state index in [1.807, 2.05) is 41.5 Å². The van der Waals surface area contributed by atoms with Gasteiger partial charge in [-0.3, -0.25) is 9.79 Å². The fourth-order valence-corrected chi connectivity index (χ4v) is 1.23. The number of hydrogen-bond acceptors (Lipinski definition) is 3. The molecule has 0 saturated carbocycles. The van der Waals surface area contributed by atoms with E-state index in [-0.39, 0.29) is 11.7 Å². The maximum Gasteiger partial charge on any atom is 0.183 e. The van der Waals surface area contributed by atoms with Crippen molar-refractivity contribution in [3.05, 3.63) is 11.3 Å². The molecule has 0 saturated heterocycles. The normalized spacial score (nSPS) is 12.3. The maximum atomic E-state index is 12.0. The summed E-state index contributed by atoms with van der Waals surface area (Å²) >= 11 is 0. The van der Waals surface area contributed by atoms with Gasteiger partial charge < -0.3 is 0 Å². The maximum absolute atomic E-state index is 12.0. The molecule has 0 aromatic rings. The molecular formula is C14H24N2O. The van der Waals surface area contributed by atoms with Crippen molar-refractivity contribution in [2.45, 2.75) is 48.0 Å². The monoisotopic (exact) mass is 236 g/mol. The number of ketones is 1. The minimum Gasteiger partial charge on any atom is -0.292 e. The largest absolute Gasteiger partial charge is 0.292 e. The molecule has 0 heterocycles. The molecule has 0 atom stereocenters. The topological polar surface area (TPSA) is 41.8 Å². The van der Waals surface area contributed by atoms with Crippen LogP contribution >= 0.6 is 0 Å². The first kappa shape index (κ1) is 15.8. The lowest BCUT2D eigenvalue weighted by Crippen LogP contribution is -2.12. The van der Waals surface area contributed by atoms with E-state index in [0.29, 0.717) is 5.70 Å². The highest BCUT2D eigenvalue weighted by Gasteiger charge is 2.14. The Morgan fingerprint density at radius 1 is 1.24 bits per heavy atom. The first-order valence-corrected chi connectivity index (χ1v) is 6.23. The van der Waals surface area contributed by atoms with Crippen LogP contribution in [-0.2, 0) is 4.79 Å². The molecule has 0 amide bonds. The Hall–Kier alpha value is -1.25. The standard InChI is InChI=1S/C14H24N2O/c1-7-12(9-15-8-2)16-13(10(3)4)14(17)11(5)6/h9,11H,7-8H2,1-6H3. The van der Waals surface area contributed by atoms with Crippen LogP contribution in [0.4, 0.5) is 0 Å². The van der Waals surface area contributed by atoms with E-state index in [2.05, 4.69) is 9.98 Å². The fourth-order valence-electron chi connectivity index (χ4n) is 1.23. The lowest BCUT2D eigenvalue weighted by atomic mass is 10.0. The van der Waals surface area contributed by atoms with Gasteiger partial charge in [-0.1, -0.05) is 20.8 Å². The Morgan fingerprint density at radius 3 is 2.18 bits per heavy atom. The van der Waals surface area contributed by atoms with E-state index < -0.39 is 0 Å². The third-order valence-electron chi connectivity index (χ3n) is 2.27. The van der Waals surface area contributed by atoms with Crippen molar-refractivity contribution < 1.29 is 4.79 Å². The van der Waals surface area contributed by atoms with Gasteiger partial charge in [0.1, 0.15) is 5.70 Å². The van der Waals surface area contributed by atoms with Gasteiger partial charge in [0.15, 0.2) is 5.78 Å². The third kappa shape index (κ3) is 5.57. The molecule has 0 spiro atoms. The van der Waals surface area contributed by atoms with Crippen LogP contribution in [0.25, 0.3) is 0 Å². The Morgan fingerprint density at radius 2 is 1.82 bits per heavy atom. The van der Waals surface area contributed by atoms with Gasteiger partial charge in [0, 0.05) is 18.7 Å². The van der Waals surface area contributed by atoms with Crippen molar-refractivity contribution in [1.29, 1.82) is 0 Å². The minimum absolute atomic E-state index is 0.0233. The Bertz CT molecular complexity index is 345. The van der Waals surface area contributed by atoms with Crippen LogP contribution in [0.2, 0.25) is 0 Å². The SMILES string of the molecule is CCN=CC(CC)=NC(C(=O)C(C)C)=C(C)C. The number of nitrogens with zero attached hydrogens (tertiary/aromatic N) is 2. The number of carbonyl (C=O) groups is 1. The molecule has 0 aliphatic heterocycles. The minimum atomic E-state index is -0.0233. The summed E-state index contributed by atoms with van der Waals surface area (Å²) in [5, 5.41) is 0. The van der Waals surface area contributed by atoms with Crippen molar-refractivity contribution in [3.8, 4) is 0 Å². The van der Waals surface area contributed by atoms with E-state index >= 15 is 0 Å². The Labute approximate surface area is 105 Å². The van der Waals surface area contributed by atoms with Crippen molar-refractivity contribution in [2.75, 3.05) is 6.54 Å². The summed E-state index contributed by atoms with van der Waals surface area (Å²) in [6.45, 7) is 12.4. The molecule has 0 aliphatic rings. The summed E-state index contributed by atoms with van der Waals surface area (Å²) in [7, 11) is 0. The predicted molar refractivity (Wildman–Crippen MR) is 75.0 cm³/mol. The predicted octanol–water partition coefficient (Wildman–Crippen LogP) is 3.45. The second-order valence-corrected chi connectivity index (χ2v) is 4.45. The van der Waals surface area contributed by atoms with E-state index in [1.54, 1.807) is 6.21 Å². The second-order valence-electron chi connectivity index (χ2n) is 4.45. The summed E-state index contributed by atoms with van der Waals surface area (Å²) in [5.41, 5.74) is 2.40. The van der Waals surface area contributed by atoms with E-state index in [4.69, 9.17) is 0 Å². The van der Waals surface area contributed by atoms with Gasteiger partial charge in [0.25, 0.3) is 0 Å². The van der Waals surface area contributed by atoms with E-state index in [0.717, 1.165) is 24.3 Å². The fraction of sp³-hybridized carbons (Fsp3) is 0.643. The molecule has 0 bridgehead atoms. The van der Waals surface area contributed by atoms with Gasteiger partial charge in [-0.2, -0.15) is 0 Å². The molecule has 0 rings (SSSR count). The highest BCUT2D eigenvalue weighted by atomic mass is 16.1. The molecule has 0 aromatic carbocycles. The third-order valence-corrected chi connectivity index (χ3v) is 2.27. The highest BCUT2D eigenvalue weighted by molar-refractivity contribution is 6.31. The first-order valence-electron chi connectivity index (χ1n) is 6.23. The molecule has 0 aromatic heterocycles. The summed E-state index contributed by atoms with van der Waals surface area (Å²) in [5.74, 6) is 0.0747. The Balaban J connectivity index is 5.24. The van der Waals surface area contributed by atoms with Crippen molar-refractivity contribution in [3.63, 3.8) is 0 Å². The van der Waals surface area contributed by atoms with Gasteiger partial charge in [0.05, 0.1) is 5.71 Å². The van der Waals surface area contributed by atoms with Crippen LogP contribution in [0.15, 0.2) is 21.3 Å². The van der Waals surface area contributed by atoms with Crippen LogP contribution in [0.3, 0.4) is 0 Å². The van der Waals surface area contributed by atoms with Crippen LogP contribution in [0, 0.1) is 5.92 Å². The molecule has 0 aliphatic carbocycles. The van der Waals surface area contributed by atoms with Crippen LogP contribution in [-0.4, -0.2) is 24.3 Å². The number of carbonyl (C=O) groups excluding carboxylic acids is 1. The van der Waals surface area contributed by atoms with E-state index in [9.17, 15) is 4.79 Å². The summed E-state index contributed by atoms with van der Waals surface area (Å²) in [6, 6.07) is 0. The lowest BCUT2D eigenvalue weighted by Gasteiger charge is -2.08. The molecule has 0 fully saturated rings. The first-order chi connectivity index (χ1) is 7.93. The van der Waals surface area contributed by atoms with Gasteiger partial charge in [-0.15, -0.1) is 0 Å². The Kier molecular flexibility index (Phi) is 7.35. The lowest BCUT2D eigenvalue weighted by molar-refractivity contribution is -0.118. The number of Topliss-reactive ketones (excluding diaryl/α,β-unsaturated/α-hetero) is 1. The number of rotatable bonds is 6. The van der Waals surface area contributed by atoms with Gasteiger partial charge in [-0.25, -0.2) is 4.99 Å². The molecule has 3 nitrogen and oxygen atoms in total. The highest BCUT2D eigenvalue weighted by Crippen LogP contribution is 2.13. The average molecular weight is 236 g/mol. The smallest absolute Gasteiger partial charge is 0.183 e. The van der Waals surface area contributed by atoms with Crippen LogP contribution in [0.1, 0.15) is 48.0 Å². The quantitative estimate of drug-likeness (QED) is 0.514. The zero-order valence-corrected chi connectivity index (χ0v) is 11.9. The zero-order valence-electron chi connectivity index (χ0n) is 11.9. The molecule has 0 unspecified atom stereocenters. The zero-order chi connectivity index (χ0) is 13.4. The van der Waals surface area contributed by atoms with Crippen LogP contribution in [0.5, 0.6) is 0 Å². The van der Waals surface area contributed by atoms with E-state index in [1.165, 1.54) is 0 Å². The summed E-state index contributed by atoms with van der Waals surface area (Å²) in [6.07, 6.45) is 2.54. The molecule has 17 heavy (non-hydrogen) atoms. The molecule has 3 heteroatoms. The number of aliphatic imine (C=N–C) groups is 2. The molecule has 0 N–H and O–H groups in total. The number of hydrogen-bond donors (Lipinski definition) is 0. The van der Waals surface area contributed by atoms with Gasteiger partial charge >= 0.3 is 0 Å². The van der Waals surface area contributed by atoms with Gasteiger partial charge in [0.2, 0.25) is 0 Å². The molecular weight excluding hydrogens is 212 g/mol. The van der Waals surface area contributed by atoms with Gasteiger partial charge in [-0.05, 0) is 32.8 Å². The molecule has 0 radical (unpaired) electrons. The molecule has 96 valence electrons. The summed E-state index contributed by atoms with van der Waals surface area (Å²) in [4.78, 5) is 20.6. The van der Waals surface area contributed by atoms with Crippen molar-refractivity contribution in [2.24, 2.45) is 15.9 Å². The van der Waals surface area contributed by atoms with Crippen molar-refractivity contribution >= 4 is 17.7 Å². The summed E-state index contributed by atoms with van der Waals surface area (Å²) < 4.78 is 0. The van der Waals surface area contributed by atoms with Crippen molar-refractivity contribution in [1.82, 2.24) is 0 Å². The second kappa shape index (κ2) is 7.93. The van der Waals surface area contributed by atoms with Crippen LogP contribution < -0.4 is 0 Å². The average Bonchev–Trinajstić information content (AvgIpc) is 2.28.